The van der Waals surface area contributed by atoms with E-state index in [-0.39, 0.29) is 18.7 Å². The number of carbonyl (C=O) groups excluding carboxylic acids is 1. The van der Waals surface area contributed by atoms with E-state index >= 15 is 0 Å². The van der Waals surface area contributed by atoms with E-state index in [9.17, 15) is 9.90 Å². The number of halogens is 1. The number of carbonyl (C=O) groups is 1. The second kappa shape index (κ2) is 6.39. The van der Waals surface area contributed by atoms with Crippen LogP contribution < -0.4 is 5.32 Å². The average molecular weight is 327 g/mol. The van der Waals surface area contributed by atoms with Crippen molar-refractivity contribution in [2.24, 2.45) is 5.92 Å². The Balaban J connectivity index is 2.06. The van der Waals surface area contributed by atoms with Gasteiger partial charge in [-0.1, -0.05) is 28.9 Å². The Labute approximate surface area is 121 Å². The second-order valence-electron chi connectivity index (χ2n) is 5.00. The lowest BCUT2D eigenvalue weighted by atomic mass is 9.91. The Bertz CT molecular complexity index is 453. The molecule has 5 heteroatoms. The molecule has 0 spiro atoms. The fourth-order valence-corrected chi connectivity index (χ4v) is 2.94. The van der Waals surface area contributed by atoms with E-state index in [4.69, 9.17) is 0 Å². The number of amides is 2. The number of hydrogen-bond donors (Lipinski definition) is 2. The molecule has 0 bridgehead atoms. The molecule has 1 heterocycles. The van der Waals surface area contributed by atoms with E-state index in [0.717, 1.165) is 23.0 Å². The minimum absolute atomic E-state index is 0.0209. The summed E-state index contributed by atoms with van der Waals surface area (Å²) in [6.07, 6.45) is 2.05. The van der Waals surface area contributed by atoms with Crippen LogP contribution in [0.15, 0.2) is 28.7 Å². The van der Waals surface area contributed by atoms with Crippen LogP contribution in [0.1, 0.15) is 19.8 Å². The number of hydrogen-bond acceptors (Lipinski definition) is 2. The molecule has 0 aromatic heterocycles. The van der Waals surface area contributed by atoms with E-state index in [1.807, 2.05) is 24.3 Å². The number of aliphatic hydroxyl groups is 1. The summed E-state index contributed by atoms with van der Waals surface area (Å²) >= 11 is 3.38. The van der Waals surface area contributed by atoms with Crippen LogP contribution >= 0.6 is 15.9 Å². The predicted octanol–water partition coefficient (Wildman–Crippen LogP) is 3.07. The lowest BCUT2D eigenvalue weighted by Gasteiger charge is -2.38. The summed E-state index contributed by atoms with van der Waals surface area (Å²) in [6.45, 7) is 2.81. The molecule has 1 aliphatic heterocycles. The van der Waals surface area contributed by atoms with Gasteiger partial charge in [0, 0.05) is 16.7 Å². The molecule has 1 aromatic rings. The monoisotopic (exact) mass is 326 g/mol. The van der Waals surface area contributed by atoms with Crippen molar-refractivity contribution in [1.82, 2.24) is 4.90 Å². The van der Waals surface area contributed by atoms with Crippen LogP contribution in [0, 0.1) is 5.92 Å². The van der Waals surface area contributed by atoms with Gasteiger partial charge >= 0.3 is 6.03 Å². The van der Waals surface area contributed by atoms with Crippen molar-refractivity contribution in [2.75, 3.05) is 18.5 Å². The van der Waals surface area contributed by atoms with Crippen LogP contribution in [-0.2, 0) is 0 Å². The number of nitrogens with zero attached hydrogens (tertiary/aromatic N) is 1. The smallest absolute Gasteiger partial charge is 0.322 e. The largest absolute Gasteiger partial charge is 0.394 e. The van der Waals surface area contributed by atoms with Crippen molar-refractivity contribution in [2.45, 2.75) is 25.8 Å². The Kier molecular flexibility index (Phi) is 4.82. The molecule has 2 N–H and O–H groups in total. The molecular formula is C14H19BrN2O2. The Hall–Kier alpha value is -1.07. The summed E-state index contributed by atoms with van der Waals surface area (Å²) in [5.41, 5.74) is 0.759. The lowest BCUT2D eigenvalue weighted by Crippen LogP contribution is -2.51. The molecule has 1 saturated heterocycles. The third-order valence-corrected chi connectivity index (χ3v) is 4.13. The van der Waals surface area contributed by atoms with Gasteiger partial charge in [-0.15, -0.1) is 0 Å². The topological polar surface area (TPSA) is 52.6 Å². The maximum atomic E-state index is 12.3. The minimum Gasteiger partial charge on any atom is -0.394 e. The number of urea groups is 1. The van der Waals surface area contributed by atoms with Gasteiger partial charge < -0.3 is 15.3 Å². The first-order chi connectivity index (χ1) is 9.11. The van der Waals surface area contributed by atoms with E-state index in [2.05, 4.69) is 28.2 Å². The van der Waals surface area contributed by atoms with Gasteiger partial charge in [-0.25, -0.2) is 4.79 Å². The standard InChI is InChI=1S/C14H19BrN2O2/c1-10-4-3-7-17(13(10)9-18)14(19)16-12-6-2-5-11(15)8-12/h2,5-6,8,10,13,18H,3-4,7,9H2,1H3,(H,16,19). The second-order valence-corrected chi connectivity index (χ2v) is 5.92. The van der Waals surface area contributed by atoms with E-state index in [1.165, 1.54) is 0 Å². The zero-order valence-corrected chi connectivity index (χ0v) is 12.6. The molecule has 0 aliphatic carbocycles. The summed E-state index contributed by atoms with van der Waals surface area (Å²) in [7, 11) is 0. The summed E-state index contributed by atoms with van der Waals surface area (Å²) in [4.78, 5) is 14.0. The summed E-state index contributed by atoms with van der Waals surface area (Å²) in [6, 6.07) is 7.28. The fourth-order valence-electron chi connectivity index (χ4n) is 2.54. The molecule has 2 unspecified atom stereocenters. The van der Waals surface area contributed by atoms with Crippen molar-refractivity contribution >= 4 is 27.6 Å². The zero-order valence-electron chi connectivity index (χ0n) is 11.0. The quantitative estimate of drug-likeness (QED) is 0.877. The van der Waals surface area contributed by atoms with Crippen molar-refractivity contribution in [3.63, 3.8) is 0 Å². The number of piperidine rings is 1. The molecule has 104 valence electrons. The normalized spacial score (nSPS) is 23.2. The van der Waals surface area contributed by atoms with Crippen LogP contribution in [0.5, 0.6) is 0 Å². The van der Waals surface area contributed by atoms with Crippen LogP contribution in [-0.4, -0.2) is 35.2 Å². The van der Waals surface area contributed by atoms with Crippen molar-refractivity contribution < 1.29 is 9.90 Å². The molecule has 19 heavy (non-hydrogen) atoms. The highest BCUT2D eigenvalue weighted by atomic mass is 79.9. The van der Waals surface area contributed by atoms with Gasteiger partial charge in [-0.3, -0.25) is 0 Å². The summed E-state index contributed by atoms with van der Waals surface area (Å²) < 4.78 is 0.927. The number of benzene rings is 1. The molecule has 4 nitrogen and oxygen atoms in total. The molecule has 1 aromatic carbocycles. The van der Waals surface area contributed by atoms with Crippen LogP contribution in [0.2, 0.25) is 0 Å². The van der Waals surface area contributed by atoms with E-state index in [1.54, 1.807) is 4.90 Å². The van der Waals surface area contributed by atoms with Crippen LogP contribution in [0.25, 0.3) is 0 Å². The highest BCUT2D eigenvalue weighted by molar-refractivity contribution is 9.10. The molecule has 2 amide bonds. The van der Waals surface area contributed by atoms with Gasteiger partial charge in [0.05, 0.1) is 12.6 Å². The van der Waals surface area contributed by atoms with Gasteiger partial charge in [-0.2, -0.15) is 0 Å². The fraction of sp³-hybridized carbons (Fsp3) is 0.500. The summed E-state index contributed by atoms with van der Waals surface area (Å²) in [5.74, 6) is 0.340. The van der Waals surface area contributed by atoms with Gasteiger partial charge in [-0.05, 0) is 37.0 Å². The SMILES string of the molecule is CC1CCCN(C(=O)Nc2cccc(Br)c2)C1CO. The van der Waals surface area contributed by atoms with Gasteiger partial charge in [0.2, 0.25) is 0 Å². The van der Waals surface area contributed by atoms with Crippen LogP contribution in [0.4, 0.5) is 10.5 Å². The molecular weight excluding hydrogens is 308 g/mol. The molecule has 1 fully saturated rings. The van der Waals surface area contributed by atoms with Crippen molar-refractivity contribution in [1.29, 1.82) is 0 Å². The van der Waals surface area contributed by atoms with E-state index < -0.39 is 0 Å². The Morgan fingerprint density at radius 1 is 1.58 bits per heavy atom. The first-order valence-electron chi connectivity index (χ1n) is 6.56. The van der Waals surface area contributed by atoms with Gasteiger partial charge in [0.1, 0.15) is 0 Å². The maximum absolute atomic E-state index is 12.3. The lowest BCUT2D eigenvalue weighted by molar-refractivity contribution is 0.0811. The number of nitrogens with one attached hydrogen (secondary N) is 1. The number of rotatable bonds is 2. The molecule has 2 rings (SSSR count). The first-order valence-corrected chi connectivity index (χ1v) is 7.35. The van der Waals surface area contributed by atoms with E-state index in [0.29, 0.717) is 12.5 Å². The Morgan fingerprint density at radius 2 is 2.37 bits per heavy atom. The number of anilines is 1. The third kappa shape index (κ3) is 3.48. The molecule has 2 atom stereocenters. The van der Waals surface area contributed by atoms with Gasteiger partial charge in [0.25, 0.3) is 0 Å². The highest BCUT2D eigenvalue weighted by Crippen LogP contribution is 2.24. The van der Waals surface area contributed by atoms with Crippen molar-refractivity contribution in [3.8, 4) is 0 Å². The number of likely N-dealkylation sites (tertiary alicyclic amines) is 1. The van der Waals surface area contributed by atoms with Crippen molar-refractivity contribution in [3.05, 3.63) is 28.7 Å². The molecule has 0 saturated carbocycles. The number of aliphatic hydroxyl groups excluding tert-OH is 1. The first kappa shape index (κ1) is 14.3. The third-order valence-electron chi connectivity index (χ3n) is 3.64. The maximum Gasteiger partial charge on any atom is 0.322 e. The molecule has 1 aliphatic rings. The minimum atomic E-state index is -0.135. The van der Waals surface area contributed by atoms with Gasteiger partial charge in [0.15, 0.2) is 0 Å². The van der Waals surface area contributed by atoms with Crippen LogP contribution in [0.3, 0.4) is 0 Å². The predicted molar refractivity (Wildman–Crippen MR) is 79.1 cm³/mol. The summed E-state index contributed by atoms with van der Waals surface area (Å²) in [5, 5.41) is 12.3. The zero-order chi connectivity index (χ0) is 13.8. The molecule has 0 radical (unpaired) electrons. The highest BCUT2D eigenvalue weighted by Gasteiger charge is 2.31. The Morgan fingerprint density at radius 3 is 3.05 bits per heavy atom. The average Bonchev–Trinajstić information content (AvgIpc) is 2.38.